The molecule has 2 rings (SSSR count). The maximum Gasteiger partial charge on any atom is 0.238 e. The predicted octanol–water partition coefficient (Wildman–Crippen LogP) is 0.965. The third kappa shape index (κ3) is 2.97. The molecule has 1 aromatic rings. The van der Waals surface area contributed by atoms with Gasteiger partial charge in [-0.05, 0) is 5.56 Å². The second-order valence-electron chi connectivity index (χ2n) is 3.48. The Hall–Kier alpha value is -1.00. The minimum atomic E-state index is -0.0151. The highest BCUT2D eigenvalue weighted by Crippen LogP contribution is 2.09. The second-order valence-corrected chi connectivity index (χ2v) is 4.51. The van der Waals surface area contributed by atoms with Gasteiger partial charge in [-0.15, -0.1) is 11.8 Å². The van der Waals surface area contributed by atoms with Gasteiger partial charge < -0.3 is 5.32 Å². The molecule has 2 N–H and O–H groups in total. The smallest absolute Gasteiger partial charge is 0.238 e. The lowest BCUT2D eigenvalue weighted by Crippen LogP contribution is -2.41. The van der Waals surface area contributed by atoms with E-state index in [9.17, 15) is 4.79 Å². The van der Waals surface area contributed by atoms with Gasteiger partial charge in [0.05, 0.1) is 6.04 Å². The highest BCUT2D eigenvalue weighted by molar-refractivity contribution is 7.99. The van der Waals surface area contributed by atoms with Crippen LogP contribution in [0.15, 0.2) is 30.3 Å². The van der Waals surface area contributed by atoms with Crippen molar-refractivity contribution in [3.63, 3.8) is 0 Å². The first-order chi connectivity index (χ1) is 7.36. The predicted molar refractivity (Wildman–Crippen MR) is 62.5 cm³/mol. The van der Waals surface area contributed by atoms with Gasteiger partial charge in [-0.1, -0.05) is 30.3 Å². The molecule has 0 aliphatic carbocycles. The van der Waals surface area contributed by atoms with E-state index in [-0.39, 0.29) is 11.9 Å². The molecule has 15 heavy (non-hydrogen) atoms. The zero-order valence-corrected chi connectivity index (χ0v) is 9.22. The molecule has 4 heteroatoms. The Balaban J connectivity index is 1.80. The summed E-state index contributed by atoms with van der Waals surface area (Å²) >= 11 is 1.76. The van der Waals surface area contributed by atoms with E-state index in [0.29, 0.717) is 6.54 Å². The Kier molecular flexibility index (Phi) is 3.64. The first-order valence-corrected chi connectivity index (χ1v) is 6.14. The fourth-order valence-corrected chi connectivity index (χ4v) is 2.41. The molecule has 0 spiro atoms. The normalized spacial score (nSPS) is 20.1. The largest absolute Gasteiger partial charge is 0.351 e. The van der Waals surface area contributed by atoms with Crippen LogP contribution in [0.25, 0.3) is 0 Å². The van der Waals surface area contributed by atoms with Crippen molar-refractivity contribution in [1.82, 2.24) is 10.6 Å². The summed E-state index contributed by atoms with van der Waals surface area (Å²) in [5.41, 5.74) is 1.14. The topological polar surface area (TPSA) is 41.1 Å². The zero-order valence-electron chi connectivity index (χ0n) is 8.40. The van der Waals surface area contributed by atoms with Crippen LogP contribution in [0.5, 0.6) is 0 Å². The van der Waals surface area contributed by atoms with E-state index in [1.807, 2.05) is 30.3 Å². The quantitative estimate of drug-likeness (QED) is 0.800. The van der Waals surface area contributed by atoms with Crippen LogP contribution >= 0.6 is 11.8 Å². The van der Waals surface area contributed by atoms with Crippen LogP contribution in [0.4, 0.5) is 0 Å². The van der Waals surface area contributed by atoms with E-state index in [0.717, 1.165) is 17.2 Å². The molecule has 1 heterocycles. The molecule has 1 aliphatic heterocycles. The van der Waals surface area contributed by atoms with Crippen LogP contribution in [0.2, 0.25) is 0 Å². The SMILES string of the molecule is O=C(NCc1ccccc1)[C@H]1CSCN1. The van der Waals surface area contributed by atoms with E-state index in [1.165, 1.54) is 0 Å². The Morgan fingerprint density at radius 1 is 1.47 bits per heavy atom. The van der Waals surface area contributed by atoms with Gasteiger partial charge in [-0.25, -0.2) is 0 Å². The first-order valence-electron chi connectivity index (χ1n) is 4.99. The van der Waals surface area contributed by atoms with Crippen molar-refractivity contribution < 1.29 is 4.79 Å². The fraction of sp³-hybridized carbons (Fsp3) is 0.364. The minimum Gasteiger partial charge on any atom is -0.351 e. The van der Waals surface area contributed by atoms with Crippen molar-refractivity contribution in [3.8, 4) is 0 Å². The Bertz CT molecular complexity index is 323. The molecule has 1 aliphatic rings. The standard InChI is InChI=1S/C11H14N2OS/c14-11(10-7-15-8-13-10)12-6-9-4-2-1-3-5-9/h1-5,10,13H,6-8H2,(H,12,14)/t10-/m1/s1. The summed E-state index contributed by atoms with van der Waals surface area (Å²) < 4.78 is 0. The van der Waals surface area contributed by atoms with Crippen molar-refractivity contribution in [2.45, 2.75) is 12.6 Å². The fourth-order valence-electron chi connectivity index (χ4n) is 1.47. The monoisotopic (exact) mass is 222 g/mol. The van der Waals surface area contributed by atoms with Crippen LogP contribution in [-0.2, 0) is 11.3 Å². The van der Waals surface area contributed by atoms with E-state index in [1.54, 1.807) is 11.8 Å². The van der Waals surface area contributed by atoms with E-state index >= 15 is 0 Å². The van der Waals surface area contributed by atoms with Crippen LogP contribution in [-0.4, -0.2) is 23.6 Å². The van der Waals surface area contributed by atoms with Crippen molar-refractivity contribution >= 4 is 17.7 Å². The highest BCUT2D eigenvalue weighted by Gasteiger charge is 2.21. The molecule has 0 unspecified atom stereocenters. The molecule has 80 valence electrons. The molecule has 1 amide bonds. The first kappa shape index (κ1) is 10.5. The third-order valence-electron chi connectivity index (χ3n) is 2.34. The zero-order chi connectivity index (χ0) is 10.5. The molecule has 1 saturated heterocycles. The number of rotatable bonds is 3. The van der Waals surface area contributed by atoms with Crippen LogP contribution in [0, 0.1) is 0 Å². The molecule has 1 aromatic carbocycles. The molecule has 1 fully saturated rings. The lowest BCUT2D eigenvalue weighted by molar-refractivity contribution is -0.122. The maximum absolute atomic E-state index is 11.6. The van der Waals surface area contributed by atoms with Crippen molar-refractivity contribution in [2.24, 2.45) is 0 Å². The van der Waals surface area contributed by atoms with Crippen molar-refractivity contribution in [2.75, 3.05) is 11.6 Å². The molecule has 0 radical (unpaired) electrons. The van der Waals surface area contributed by atoms with Gasteiger partial charge in [0.15, 0.2) is 0 Å². The summed E-state index contributed by atoms with van der Waals surface area (Å²) in [4.78, 5) is 11.6. The summed E-state index contributed by atoms with van der Waals surface area (Å²) in [6.45, 7) is 0.614. The Morgan fingerprint density at radius 3 is 2.93 bits per heavy atom. The molecule has 0 saturated carbocycles. The van der Waals surface area contributed by atoms with Crippen LogP contribution < -0.4 is 10.6 Å². The highest BCUT2D eigenvalue weighted by atomic mass is 32.2. The number of hydrogen-bond acceptors (Lipinski definition) is 3. The second kappa shape index (κ2) is 5.19. The minimum absolute atomic E-state index is 0.0151. The number of thioether (sulfide) groups is 1. The molecular weight excluding hydrogens is 208 g/mol. The lowest BCUT2D eigenvalue weighted by Gasteiger charge is -2.10. The average molecular weight is 222 g/mol. The summed E-state index contributed by atoms with van der Waals surface area (Å²) in [5.74, 6) is 1.85. The number of carbonyl (C=O) groups excluding carboxylic acids is 1. The van der Waals surface area contributed by atoms with E-state index in [4.69, 9.17) is 0 Å². The lowest BCUT2D eigenvalue weighted by atomic mass is 10.2. The van der Waals surface area contributed by atoms with Gasteiger partial charge in [-0.3, -0.25) is 10.1 Å². The van der Waals surface area contributed by atoms with Crippen molar-refractivity contribution in [3.05, 3.63) is 35.9 Å². The number of benzene rings is 1. The summed E-state index contributed by atoms with van der Waals surface area (Å²) in [6.07, 6.45) is 0. The van der Waals surface area contributed by atoms with Gasteiger partial charge in [-0.2, -0.15) is 0 Å². The number of carbonyl (C=O) groups is 1. The average Bonchev–Trinajstić information content (AvgIpc) is 2.81. The van der Waals surface area contributed by atoms with Gasteiger partial charge in [0, 0.05) is 18.2 Å². The number of amides is 1. The Morgan fingerprint density at radius 2 is 2.27 bits per heavy atom. The maximum atomic E-state index is 11.6. The molecule has 3 nitrogen and oxygen atoms in total. The van der Waals surface area contributed by atoms with Gasteiger partial charge >= 0.3 is 0 Å². The Labute approximate surface area is 93.6 Å². The van der Waals surface area contributed by atoms with Gasteiger partial charge in [0.25, 0.3) is 0 Å². The van der Waals surface area contributed by atoms with E-state index < -0.39 is 0 Å². The van der Waals surface area contributed by atoms with Crippen molar-refractivity contribution in [1.29, 1.82) is 0 Å². The molecule has 0 aromatic heterocycles. The molecular formula is C11H14N2OS. The van der Waals surface area contributed by atoms with Gasteiger partial charge in [0.1, 0.15) is 0 Å². The van der Waals surface area contributed by atoms with E-state index in [2.05, 4.69) is 10.6 Å². The summed E-state index contributed by atoms with van der Waals surface area (Å²) in [6, 6.07) is 9.93. The van der Waals surface area contributed by atoms with Crippen LogP contribution in [0.3, 0.4) is 0 Å². The van der Waals surface area contributed by atoms with Gasteiger partial charge in [0.2, 0.25) is 5.91 Å². The summed E-state index contributed by atoms with van der Waals surface area (Å²) in [5, 5.41) is 6.07. The third-order valence-corrected chi connectivity index (χ3v) is 3.28. The van der Waals surface area contributed by atoms with Crippen LogP contribution in [0.1, 0.15) is 5.56 Å². The summed E-state index contributed by atoms with van der Waals surface area (Å²) in [7, 11) is 0. The number of hydrogen-bond donors (Lipinski definition) is 2. The number of nitrogens with one attached hydrogen (secondary N) is 2. The molecule has 1 atom stereocenters. The molecule has 0 bridgehead atoms.